The molecule has 1 aliphatic carbocycles. The zero-order valence-corrected chi connectivity index (χ0v) is 16.4. The molecule has 0 atom stereocenters. The Hall–Kier alpha value is -1.76. The van der Waals surface area contributed by atoms with Crippen LogP contribution in [0.2, 0.25) is 0 Å². The molecule has 2 heterocycles. The quantitative estimate of drug-likeness (QED) is 0.702. The number of nitrogens with zero attached hydrogens (tertiary/aromatic N) is 3. The second-order valence-electron chi connectivity index (χ2n) is 7.29. The van der Waals surface area contributed by atoms with Crippen LogP contribution in [0.3, 0.4) is 0 Å². The molecule has 1 saturated carbocycles. The summed E-state index contributed by atoms with van der Waals surface area (Å²) in [6.07, 6.45) is 8.15. The van der Waals surface area contributed by atoms with Crippen molar-refractivity contribution in [3.63, 3.8) is 0 Å². The lowest BCUT2D eigenvalue weighted by Crippen LogP contribution is -2.36. The smallest absolute Gasteiger partial charge is 0.221 e. The molecule has 1 amide bonds. The van der Waals surface area contributed by atoms with E-state index in [1.165, 1.54) is 19.3 Å². The van der Waals surface area contributed by atoms with Crippen LogP contribution in [0.15, 0.2) is 28.0 Å². The fraction of sp³-hybridized carbons (Fsp3) is 0.632. The summed E-state index contributed by atoms with van der Waals surface area (Å²) in [6, 6.07) is 4.12. The van der Waals surface area contributed by atoms with Crippen molar-refractivity contribution in [1.29, 1.82) is 0 Å². The number of hydrogen-bond acceptors (Lipinski definition) is 5. The Labute approximate surface area is 159 Å². The maximum atomic E-state index is 12.2. The minimum Gasteiger partial charge on any atom is -0.461 e. The fourth-order valence-electron chi connectivity index (χ4n) is 3.30. The number of carbonyl (C=O) groups is 1. The van der Waals surface area contributed by atoms with E-state index in [9.17, 15) is 4.79 Å². The van der Waals surface area contributed by atoms with Crippen molar-refractivity contribution >= 4 is 17.7 Å². The molecule has 0 spiro atoms. The zero-order chi connectivity index (χ0) is 18.4. The molecule has 0 aliphatic heterocycles. The molecule has 0 unspecified atom stereocenters. The van der Waals surface area contributed by atoms with Crippen molar-refractivity contribution < 1.29 is 9.21 Å². The third-order valence-electron chi connectivity index (χ3n) is 4.54. The molecule has 0 saturated heterocycles. The zero-order valence-electron chi connectivity index (χ0n) is 15.6. The van der Waals surface area contributed by atoms with E-state index in [4.69, 9.17) is 4.42 Å². The van der Waals surface area contributed by atoms with Gasteiger partial charge in [0.05, 0.1) is 6.26 Å². The maximum absolute atomic E-state index is 12.2. The number of amides is 1. The Kier molecular flexibility index (Phi) is 6.77. The molecule has 2 aromatic heterocycles. The number of rotatable bonds is 8. The number of furan rings is 1. The summed E-state index contributed by atoms with van der Waals surface area (Å²) >= 11 is 1.58. The van der Waals surface area contributed by atoms with Crippen LogP contribution in [-0.4, -0.2) is 32.5 Å². The Balaban J connectivity index is 1.56. The van der Waals surface area contributed by atoms with Crippen LogP contribution < -0.4 is 5.32 Å². The second-order valence-corrected chi connectivity index (χ2v) is 8.35. The summed E-state index contributed by atoms with van der Waals surface area (Å²) in [4.78, 5) is 12.2. The van der Waals surface area contributed by atoms with E-state index in [2.05, 4.69) is 33.9 Å². The molecule has 1 aliphatic rings. The van der Waals surface area contributed by atoms with E-state index in [1.54, 1.807) is 18.0 Å². The van der Waals surface area contributed by atoms with Gasteiger partial charge in [-0.1, -0.05) is 44.9 Å². The summed E-state index contributed by atoms with van der Waals surface area (Å²) in [5.74, 6) is 2.78. The van der Waals surface area contributed by atoms with Gasteiger partial charge in [-0.2, -0.15) is 0 Å². The first-order valence-corrected chi connectivity index (χ1v) is 10.5. The Morgan fingerprint density at radius 1 is 1.35 bits per heavy atom. The highest BCUT2D eigenvalue weighted by atomic mass is 32.2. The molecule has 0 aromatic carbocycles. The number of aromatic nitrogens is 3. The number of hydrogen-bond donors (Lipinski definition) is 1. The summed E-state index contributed by atoms with van der Waals surface area (Å²) in [5.41, 5.74) is 0. The van der Waals surface area contributed by atoms with Crippen LogP contribution in [-0.2, 0) is 11.3 Å². The van der Waals surface area contributed by atoms with Crippen LogP contribution in [0.4, 0.5) is 0 Å². The average Bonchev–Trinajstić information content (AvgIpc) is 3.26. The van der Waals surface area contributed by atoms with Gasteiger partial charge in [-0.05, 0) is 30.9 Å². The van der Waals surface area contributed by atoms with E-state index >= 15 is 0 Å². The lowest BCUT2D eigenvalue weighted by atomic mass is 9.95. The summed E-state index contributed by atoms with van der Waals surface area (Å²) < 4.78 is 7.58. The Bertz CT molecular complexity index is 690. The van der Waals surface area contributed by atoms with Crippen molar-refractivity contribution in [2.45, 2.75) is 70.1 Å². The molecule has 0 bridgehead atoms. The topological polar surface area (TPSA) is 73.0 Å². The van der Waals surface area contributed by atoms with Gasteiger partial charge in [-0.15, -0.1) is 10.2 Å². The van der Waals surface area contributed by atoms with Gasteiger partial charge in [0, 0.05) is 24.8 Å². The molecule has 1 fully saturated rings. The molecular weight excluding hydrogens is 348 g/mol. The maximum Gasteiger partial charge on any atom is 0.221 e. The van der Waals surface area contributed by atoms with Crippen LogP contribution in [0, 0.1) is 5.92 Å². The minimum absolute atomic E-state index is 0.144. The summed E-state index contributed by atoms with van der Waals surface area (Å²) in [7, 11) is 0. The van der Waals surface area contributed by atoms with Gasteiger partial charge in [0.2, 0.25) is 5.91 Å². The fourth-order valence-corrected chi connectivity index (χ4v) is 4.18. The van der Waals surface area contributed by atoms with Crippen molar-refractivity contribution in [2.75, 3.05) is 5.75 Å². The molecule has 6 nitrogen and oxygen atoms in total. The summed E-state index contributed by atoms with van der Waals surface area (Å²) in [6.45, 7) is 5.15. The summed E-state index contributed by atoms with van der Waals surface area (Å²) in [5, 5.41) is 12.6. The Morgan fingerprint density at radius 2 is 2.15 bits per heavy atom. The van der Waals surface area contributed by atoms with Crippen molar-refractivity contribution in [1.82, 2.24) is 20.1 Å². The van der Waals surface area contributed by atoms with Crippen molar-refractivity contribution in [3.8, 4) is 11.6 Å². The molecule has 2 aromatic rings. The molecule has 142 valence electrons. The molecule has 26 heavy (non-hydrogen) atoms. The van der Waals surface area contributed by atoms with Gasteiger partial charge in [-0.25, -0.2) is 0 Å². The third kappa shape index (κ3) is 5.13. The monoisotopic (exact) mass is 376 g/mol. The predicted octanol–water partition coefficient (Wildman–Crippen LogP) is 4.13. The van der Waals surface area contributed by atoms with Gasteiger partial charge < -0.3 is 9.73 Å². The largest absolute Gasteiger partial charge is 0.461 e. The van der Waals surface area contributed by atoms with E-state index in [1.807, 2.05) is 12.1 Å². The first-order chi connectivity index (χ1) is 12.6. The number of nitrogens with one attached hydrogen (secondary N) is 1. The van der Waals surface area contributed by atoms with Gasteiger partial charge in [-0.3, -0.25) is 9.36 Å². The van der Waals surface area contributed by atoms with Crippen LogP contribution in [0.1, 0.15) is 52.4 Å². The highest BCUT2D eigenvalue weighted by molar-refractivity contribution is 7.99. The molecule has 7 heteroatoms. The van der Waals surface area contributed by atoms with Crippen molar-refractivity contribution in [2.24, 2.45) is 5.92 Å². The normalized spacial score (nSPS) is 15.5. The highest BCUT2D eigenvalue weighted by Gasteiger charge is 2.18. The molecule has 1 N–H and O–H groups in total. The van der Waals surface area contributed by atoms with Gasteiger partial charge >= 0.3 is 0 Å². The molecule has 3 rings (SSSR count). The standard InChI is InChI=1S/C19H28N4O2S/c1-14(2)13-23-18(16-9-6-11-25-16)21-22-19(23)26-12-10-17(24)20-15-7-4-3-5-8-15/h6,9,11,14-15H,3-5,7-8,10,12-13H2,1-2H3,(H,20,24). The predicted molar refractivity (Wildman–Crippen MR) is 103 cm³/mol. The van der Waals surface area contributed by atoms with E-state index < -0.39 is 0 Å². The lowest BCUT2D eigenvalue weighted by molar-refractivity contribution is -0.121. The van der Waals surface area contributed by atoms with Crippen LogP contribution in [0.25, 0.3) is 11.6 Å². The van der Waals surface area contributed by atoms with Crippen LogP contribution in [0.5, 0.6) is 0 Å². The van der Waals surface area contributed by atoms with Crippen molar-refractivity contribution in [3.05, 3.63) is 18.4 Å². The van der Waals surface area contributed by atoms with Crippen LogP contribution >= 0.6 is 11.8 Å². The molecule has 0 radical (unpaired) electrons. The van der Waals surface area contributed by atoms with E-state index in [0.29, 0.717) is 24.1 Å². The first kappa shape index (κ1) is 19.0. The lowest BCUT2D eigenvalue weighted by Gasteiger charge is -2.22. The van der Waals surface area contributed by atoms with Gasteiger partial charge in [0.15, 0.2) is 16.7 Å². The Morgan fingerprint density at radius 3 is 2.85 bits per heavy atom. The minimum atomic E-state index is 0.144. The van der Waals surface area contributed by atoms with Gasteiger partial charge in [0.25, 0.3) is 0 Å². The average molecular weight is 377 g/mol. The molecular formula is C19H28N4O2S. The number of carbonyl (C=O) groups excluding carboxylic acids is 1. The SMILES string of the molecule is CC(C)Cn1c(SCCC(=O)NC2CCCCC2)nnc1-c1ccco1. The highest BCUT2D eigenvalue weighted by Crippen LogP contribution is 2.26. The third-order valence-corrected chi connectivity index (χ3v) is 5.51. The van der Waals surface area contributed by atoms with E-state index in [0.717, 1.165) is 36.1 Å². The first-order valence-electron chi connectivity index (χ1n) is 9.52. The number of thioether (sulfide) groups is 1. The van der Waals surface area contributed by atoms with Gasteiger partial charge in [0.1, 0.15) is 0 Å². The second kappa shape index (κ2) is 9.26. The van der Waals surface area contributed by atoms with E-state index in [-0.39, 0.29) is 5.91 Å².